The molecule has 1 atom stereocenters. The van der Waals surface area contributed by atoms with Gasteiger partial charge in [0.15, 0.2) is 5.78 Å². The third-order valence-corrected chi connectivity index (χ3v) is 2.43. The number of aliphatic carboxylic acids is 1. The van der Waals surface area contributed by atoms with Gasteiger partial charge in [-0.3, -0.25) is 9.59 Å². The molecule has 84 valence electrons. The lowest BCUT2D eigenvalue weighted by molar-refractivity contribution is -0.138. The van der Waals surface area contributed by atoms with Crippen LogP contribution in [0.2, 0.25) is 0 Å². The topological polar surface area (TPSA) is 66.4 Å². The van der Waals surface area contributed by atoms with Crippen LogP contribution in [0.5, 0.6) is 0 Å². The van der Waals surface area contributed by atoms with E-state index in [9.17, 15) is 9.59 Å². The zero-order valence-corrected chi connectivity index (χ0v) is 9.33. The van der Waals surface area contributed by atoms with E-state index in [1.807, 2.05) is 13.8 Å². The van der Waals surface area contributed by atoms with Crippen molar-refractivity contribution in [1.29, 1.82) is 0 Å². The molecule has 0 aliphatic heterocycles. The molecular formula is C11H17NO3. The molecule has 0 aromatic heterocycles. The summed E-state index contributed by atoms with van der Waals surface area (Å²) >= 11 is 0. The maximum absolute atomic E-state index is 11.4. The second-order valence-corrected chi connectivity index (χ2v) is 4.86. The van der Waals surface area contributed by atoms with E-state index in [0.717, 1.165) is 12.1 Å². The SMILES string of the molecule is CC(NC1=CC(=O)CC(C)(C)C1)C(=O)O. The van der Waals surface area contributed by atoms with Gasteiger partial charge in [-0.25, -0.2) is 0 Å². The van der Waals surface area contributed by atoms with Gasteiger partial charge < -0.3 is 10.4 Å². The Balaban J connectivity index is 2.70. The Bertz CT molecular complexity index is 318. The van der Waals surface area contributed by atoms with Crippen molar-refractivity contribution in [2.45, 2.75) is 39.7 Å². The summed E-state index contributed by atoms with van der Waals surface area (Å²) in [5.41, 5.74) is 0.651. The molecular weight excluding hydrogens is 194 g/mol. The number of nitrogens with one attached hydrogen (secondary N) is 1. The molecule has 0 saturated carbocycles. The molecule has 1 aliphatic rings. The van der Waals surface area contributed by atoms with Gasteiger partial charge in [-0.1, -0.05) is 13.8 Å². The Hall–Kier alpha value is -1.32. The number of carboxylic acid groups (broad SMARTS) is 1. The number of carbonyl (C=O) groups excluding carboxylic acids is 1. The Morgan fingerprint density at radius 3 is 2.60 bits per heavy atom. The summed E-state index contributed by atoms with van der Waals surface area (Å²) in [5, 5.41) is 11.6. The molecule has 4 nitrogen and oxygen atoms in total. The van der Waals surface area contributed by atoms with Crippen LogP contribution in [-0.2, 0) is 9.59 Å². The number of ketones is 1. The number of rotatable bonds is 3. The number of hydrogen-bond donors (Lipinski definition) is 2. The molecule has 0 radical (unpaired) electrons. The van der Waals surface area contributed by atoms with E-state index in [2.05, 4.69) is 5.32 Å². The van der Waals surface area contributed by atoms with E-state index in [1.54, 1.807) is 6.92 Å². The van der Waals surface area contributed by atoms with Crippen molar-refractivity contribution in [2.24, 2.45) is 5.41 Å². The molecule has 1 aliphatic carbocycles. The first kappa shape index (κ1) is 11.8. The average molecular weight is 211 g/mol. The summed E-state index contributed by atoms with van der Waals surface area (Å²) < 4.78 is 0. The van der Waals surface area contributed by atoms with E-state index < -0.39 is 12.0 Å². The third-order valence-electron chi connectivity index (χ3n) is 2.43. The van der Waals surface area contributed by atoms with Crippen molar-refractivity contribution in [3.8, 4) is 0 Å². The highest BCUT2D eigenvalue weighted by Gasteiger charge is 2.28. The van der Waals surface area contributed by atoms with Gasteiger partial charge in [0, 0.05) is 18.2 Å². The van der Waals surface area contributed by atoms with Crippen LogP contribution >= 0.6 is 0 Å². The fourth-order valence-corrected chi connectivity index (χ4v) is 1.78. The largest absolute Gasteiger partial charge is 0.480 e. The van der Waals surface area contributed by atoms with Gasteiger partial charge in [0.25, 0.3) is 0 Å². The monoisotopic (exact) mass is 211 g/mol. The quantitative estimate of drug-likeness (QED) is 0.739. The second kappa shape index (κ2) is 4.04. The Morgan fingerprint density at radius 2 is 2.13 bits per heavy atom. The smallest absolute Gasteiger partial charge is 0.325 e. The number of carboxylic acids is 1. The summed E-state index contributed by atoms with van der Waals surface area (Å²) in [7, 11) is 0. The molecule has 0 heterocycles. The minimum absolute atomic E-state index is 0.0614. The zero-order chi connectivity index (χ0) is 11.6. The fourth-order valence-electron chi connectivity index (χ4n) is 1.78. The highest BCUT2D eigenvalue weighted by Crippen LogP contribution is 2.32. The van der Waals surface area contributed by atoms with Gasteiger partial charge in [0.05, 0.1) is 0 Å². The van der Waals surface area contributed by atoms with Gasteiger partial charge in [-0.15, -0.1) is 0 Å². The molecule has 1 rings (SSSR count). The van der Waals surface area contributed by atoms with Crippen molar-refractivity contribution >= 4 is 11.8 Å². The second-order valence-electron chi connectivity index (χ2n) is 4.86. The van der Waals surface area contributed by atoms with Crippen LogP contribution in [0.3, 0.4) is 0 Å². The Morgan fingerprint density at radius 1 is 1.53 bits per heavy atom. The van der Waals surface area contributed by atoms with Crippen LogP contribution in [0, 0.1) is 5.41 Å². The van der Waals surface area contributed by atoms with Crippen molar-refractivity contribution < 1.29 is 14.7 Å². The average Bonchev–Trinajstić information content (AvgIpc) is 1.99. The molecule has 0 bridgehead atoms. The number of allylic oxidation sites excluding steroid dienone is 2. The molecule has 4 heteroatoms. The van der Waals surface area contributed by atoms with Gasteiger partial charge in [0.1, 0.15) is 6.04 Å². The zero-order valence-electron chi connectivity index (χ0n) is 9.33. The summed E-state index contributed by atoms with van der Waals surface area (Å²) in [4.78, 5) is 22.0. The van der Waals surface area contributed by atoms with Gasteiger partial charge in [0.2, 0.25) is 0 Å². The summed E-state index contributed by atoms with van der Waals surface area (Å²) in [5.74, 6) is -0.849. The molecule has 0 aromatic carbocycles. The molecule has 15 heavy (non-hydrogen) atoms. The van der Waals surface area contributed by atoms with Crippen LogP contribution in [0.4, 0.5) is 0 Å². The first-order valence-corrected chi connectivity index (χ1v) is 5.03. The van der Waals surface area contributed by atoms with E-state index in [4.69, 9.17) is 5.11 Å². The van der Waals surface area contributed by atoms with E-state index in [0.29, 0.717) is 6.42 Å². The first-order valence-electron chi connectivity index (χ1n) is 5.03. The van der Waals surface area contributed by atoms with Crippen molar-refractivity contribution in [2.75, 3.05) is 0 Å². The van der Waals surface area contributed by atoms with E-state index in [-0.39, 0.29) is 11.2 Å². The molecule has 0 amide bonds. The summed E-state index contributed by atoms with van der Waals surface area (Å²) in [6.07, 6.45) is 2.76. The maximum Gasteiger partial charge on any atom is 0.325 e. The molecule has 0 fully saturated rings. The normalized spacial score (nSPS) is 21.8. The minimum Gasteiger partial charge on any atom is -0.480 e. The highest BCUT2D eigenvalue weighted by molar-refractivity contribution is 5.91. The van der Waals surface area contributed by atoms with Crippen molar-refractivity contribution in [3.63, 3.8) is 0 Å². The molecule has 1 unspecified atom stereocenters. The predicted octanol–water partition coefficient (Wildman–Crippen LogP) is 1.32. The van der Waals surface area contributed by atoms with Crippen LogP contribution in [-0.4, -0.2) is 22.9 Å². The Kier molecular flexibility index (Phi) is 3.17. The lowest BCUT2D eigenvalue weighted by atomic mass is 9.79. The number of carbonyl (C=O) groups is 2. The molecule has 0 aromatic rings. The van der Waals surface area contributed by atoms with Gasteiger partial charge in [-0.05, 0) is 18.8 Å². The van der Waals surface area contributed by atoms with Crippen molar-refractivity contribution in [3.05, 3.63) is 11.8 Å². The standard InChI is InChI=1S/C11H17NO3/c1-7(10(14)15)12-8-4-9(13)6-11(2,3)5-8/h4,7,12H,5-6H2,1-3H3,(H,14,15). The van der Waals surface area contributed by atoms with E-state index >= 15 is 0 Å². The van der Waals surface area contributed by atoms with E-state index in [1.165, 1.54) is 6.08 Å². The fraction of sp³-hybridized carbons (Fsp3) is 0.636. The van der Waals surface area contributed by atoms with Crippen LogP contribution in [0.15, 0.2) is 11.8 Å². The predicted molar refractivity (Wildman–Crippen MR) is 56.3 cm³/mol. The lowest BCUT2D eigenvalue weighted by Crippen LogP contribution is -2.36. The van der Waals surface area contributed by atoms with Crippen LogP contribution < -0.4 is 5.32 Å². The minimum atomic E-state index is -0.910. The third kappa shape index (κ3) is 3.38. The molecule has 0 saturated heterocycles. The van der Waals surface area contributed by atoms with Gasteiger partial charge >= 0.3 is 5.97 Å². The highest BCUT2D eigenvalue weighted by atomic mass is 16.4. The van der Waals surface area contributed by atoms with Crippen molar-refractivity contribution in [1.82, 2.24) is 5.32 Å². The summed E-state index contributed by atoms with van der Waals surface area (Å²) in [6.45, 7) is 5.57. The first-order chi connectivity index (χ1) is 6.80. The Labute approximate surface area is 89.4 Å². The summed E-state index contributed by atoms with van der Waals surface area (Å²) in [6, 6.07) is -0.655. The van der Waals surface area contributed by atoms with Crippen LogP contribution in [0.1, 0.15) is 33.6 Å². The lowest BCUT2D eigenvalue weighted by Gasteiger charge is -2.30. The van der Waals surface area contributed by atoms with Crippen LogP contribution in [0.25, 0.3) is 0 Å². The molecule has 0 spiro atoms. The molecule has 2 N–H and O–H groups in total. The van der Waals surface area contributed by atoms with Gasteiger partial charge in [-0.2, -0.15) is 0 Å². The number of hydrogen-bond acceptors (Lipinski definition) is 3. The maximum atomic E-state index is 11.4.